The second-order valence-corrected chi connectivity index (χ2v) is 11.4. The summed E-state index contributed by atoms with van der Waals surface area (Å²) in [6.07, 6.45) is 3.18. The molecule has 0 aromatic heterocycles. The Morgan fingerprint density at radius 3 is 2.17 bits per heavy atom. The number of piperidine rings is 1. The molecule has 0 saturated carbocycles. The normalized spacial score (nSPS) is 18.6. The first-order chi connectivity index (χ1) is 19.5. The molecule has 40 heavy (non-hydrogen) atoms. The van der Waals surface area contributed by atoms with Gasteiger partial charge < -0.3 is 20.3 Å². The average molecular weight is 560 g/mol. The van der Waals surface area contributed by atoms with E-state index < -0.39 is 0 Å². The summed E-state index contributed by atoms with van der Waals surface area (Å²) in [6, 6.07) is 24.5. The van der Waals surface area contributed by atoms with Crippen molar-refractivity contribution in [2.24, 2.45) is 5.92 Å². The topological polar surface area (TPSA) is 70.7 Å². The Labute approximate surface area is 242 Å². The maximum atomic E-state index is 13.1. The zero-order valence-electron chi connectivity index (χ0n) is 23.1. The summed E-state index contributed by atoms with van der Waals surface area (Å²) < 4.78 is 5.61. The van der Waals surface area contributed by atoms with Crippen LogP contribution in [0.4, 0.5) is 4.79 Å². The van der Waals surface area contributed by atoms with Gasteiger partial charge in [0.25, 0.3) is 0 Å². The highest BCUT2D eigenvalue weighted by atomic mass is 35.5. The molecule has 0 spiro atoms. The molecular formula is C33H38ClN3O3. The minimum absolute atomic E-state index is 0.0602. The molecule has 1 heterocycles. The summed E-state index contributed by atoms with van der Waals surface area (Å²) in [5, 5.41) is 6.74. The summed E-state index contributed by atoms with van der Waals surface area (Å²) in [6.45, 7) is 3.24. The van der Waals surface area contributed by atoms with Crippen LogP contribution in [0, 0.1) is 5.92 Å². The molecule has 2 N–H and O–H groups in total. The van der Waals surface area contributed by atoms with Crippen molar-refractivity contribution in [3.05, 3.63) is 94.5 Å². The first kappa shape index (κ1) is 28.2. The molecule has 5 rings (SSSR count). The molecule has 6 nitrogen and oxygen atoms in total. The molecular weight excluding hydrogens is 522 g/mol. The summed E-state index contributed by atoms with van der Waals surface area (Å²) in [5.74, 6) is 0.304. The second kappa shape index (κ2) is 13.3. The fourth-order valence-electron chi connectivity index (χ4n) is 6.10. The number of carbonyl (C=O) groups excluding carboxylic acids is 2. The molecule has 3 aromatic carbocycles. The van der Waals surface area contributed by atoms with Crippen LogP contribution in [0.1, 0.15) is 54.2 Å². The Hall–Kier alpha value is -3.35. The van der Waals surface area contributed by atoms with Crippen molar-refractivity contribution < 1.29 is 14.3 Å². The summed E-state index contributed by atoms with van der Waals surface area (Å²) in [7, 11) is 2.07. The second-order valence-electron chi connectivity index (χ2n) is 10.9. The maximum Gasteiger partial charge on any atom is 0.407 e. The Morgan fingerprint density at radius 1 is 0.875 bits per heavy atom. The number of hydrogen-bond acceptors (Lipinski definition) is 4. The summed E-state index contributed by atoms with van der Waals surface area (Å²) in [4.78, 5) is 27.7. The highest BCUT2D eigenvalue weighted by Crippen LogP contribution is 2.44. The lowest BCUT2D eigenvalue weighted by atomic mass is 9.80. The number of ether oxygens (including phenoxy) is 1. The molecule has 2 aliphatic rings. The highest BCUT2D eigenvalue weighted by molar-refractivity contribution is 6.30. The van der Waals surface area contributed by atoms with E-state index in [1.165, 1.54) is 27.8 Å². The van der Waals surface area contributed by atoms with Crippen LogP contribution in [0.3, 0.4) is 0 Å². The van der Waals surface area contributed by atoms with Crippen LogP contribution in [0.15, 0.2) is 72.8 Å². The van der Waals surface area contributed by atoms with E-state index in [4.69, 9.17) is 16.3 Å². The van der Waals surface area contributed by atoms with Crippen LogP contribution in [-0.2, 0) is 9.53 Å². The van der Waals surface area contributed by atoms with Gasteiger partial charge in [-0.15, -0.1) is 0 Å². The number of halogens is 1. The van der Waals surface area contributed by atoms with Gasteiger partial charge in [-0.25, -0.2) is 4.79 Å². The van der Waals surface area contributed by atoms with E-state index in [0.29, 0.717) is 24.7 Å². The van der Waals surface area contributed by atoms with E-state index in [1.807, 2.05) is 48.5 Å². The van der Waals surface area contributed by atoms with Gasteiger partial charge in [0, 0.05) is 30.6 Å². The SMILES string of the molecule is CN1CCC(c2ccc(Cl)cc2)C(C(=O)NCCCCCNC(=O)OCC2c3ccccc3-c3ccccc32)C1. The summed E-state index contributed by atoms with van der Waals surface area (Å²) in [5.41, 5.74) is 6.03. The van der Waals surface area contributed by atoms with Gasteiger partial charge in [0.15, 0.2) is 0 Å². The van der Waals surface area contributed by atoms with Crippen molar-refractivity contribution in [2.75, 3.05) is 39.8 Å². The van der Waals surface area contributed by atoms with E-state index in [-0.39, 0.29) is 29.8 Å². The number of nitrogens with one attached hydrogen (secondary N) is 2. The number of carbonyl (C=O) groups is 2. The lowest BCUT2D eigenvalue weighted by Gasteiger charge is -2.36. The molecule has 1 saturated heterocycles. The highest BCUT2D eigenvalue weighted by Gasteiger charge is 2.34. The molecule has 1 aliphatic heterocycles. The predicted octanol–water partition coefficient (Wildman–Crippen LogP) is 6.20. The van der Waals surface area contributed by atoms with Crippen LogP contribution in [0.25, 0.3) is 11.1 Å². The van der Waals surface area contributed by atoms with Gasteiger partial charge >= 0.3 is 6.09 Å². The van der Waals surface area contributed by atoms with Crippen molar-refractivity contribution in [3.63, 3.8) is 0 Å². The van der Waals surface area contributed by atoms with Crippen LogP contribution in [-0.4, -0.2) is 56.7 Å². The quantitative estimate of drug-likeness (QED) is 0.290. The van der Waals surface area contributed by atoms with Gasteiger partial charge in [0.05, 0.1) is 5.92 Å². The Morgan fingerprint density at radius 2 is 1.50 bits per heavy atom. The van der Waals surface area contributed by atoms with Crippen LogP contribution < -0.4 is 10.6 Å². The number of amides is 2. The number of fused-ring (bicyclic) bond motifs is 3. The third kappa shape index (κ3) is 6.68. The van der Waals surface area contributed by atoms with Crippen LogP contribution in [0.2, 0.25) is 5.02 Å². The smallest absolute Gasteiger partial charge is 0.407 e. The molecule has 2 amide bonds. The molecule has 1 fully saturated rings. The standard InChI is InChI=1S/C33H38ClN3O3/c1-37-20-17-25(23-13-15-24(34)16-14-23)30(21-37)32(38)35-18-7-2-8-19-36-33(39)40-22-31-28-11-5-3-9-26(28)27-10-4-6-12-29(27)31/h3-6,9-16,25,30-31H,2,7-8,17-22H2,1H3,(H,35,38)(H,36,39). The van der Waals surface area contributed by atoms with Gasteiger partial charge in [-0.2, -0.15) is 0 Å². The minimum Gasteiger partial charge on any atom is -0.449 e. The van der Waals surface area contributed by atoms with Gasteiger partial charge in [-0.05, 0) is 85.1 Å². The number of likely N-dealkylation sites (tertiary alicyclic amines) is 1. The molecule has 7 heteroatoms. The van der Waals surface area contributed by atoms with Crippen molar-refractivity contribution in [1.29, 1.82) is 0 Å². The van der Waals surface area contributed by atoms with Gasteiger partial charge in [-0.1, -0.05) is 72.3 Å². The van der Waals surface area contributed by atoms with E-state index in [2.05, 4.69) is 46.8 Å². The molecule has 210 valence electrons. The molecule has 2 unspecified atom stereocenters. The van der Waals surface area contributed by atoms with Crippen molar-refractivity contribution >= 4 is 23.6 Å². The Bertz CT molecular complexity index is 1270. The zero-order valence-corrected chi connectivity index (χ0v) is 23.8. The van der Waals surface area contributed by atoms with E-state index in [9.17, 15) is 9.59 Å². The third-order valence-electron chi connectivity index (χ3n) is 8.22. The third-order valence-corrected chi connectivity index (χ3v) is 8.47. The van der Waals surface area contributed by atoms with Crippen LogP contribution in [0.5, 0.6) is 0 Å². The lowest BCUT2D eigenvalue weighted by molar-refractivity contribution is -0.127. The monoisotopic (exact) mass is 559 g/mol. The van der Waals surface area contributed by atoms with Gasteiger partial charge in [-0.3, -0.25) is 4.79 Å². The number of rotatable bonds is 10. The molecule has 0 bridgehead atoms. The van der Waals surface area contributed by atoms with Crippen molar-refractivity contribution in [1.82, 2.24) is 15.5 Å². The molecule has 1 aliphatic carbocycles. The number of unbranched alkanes of at least 4 members (excludes halogenated alkanes) is 2. The molecule has 3 aromatic rings. The van der Waals surface area contributed by atoms with Crippen LogP contribution >= 0.6 is 11.6 Å². The molecule has 2 atom stereocenters. The fourth-order valence-corrected chi connectivity index (χ4v) is 6.22. The van der Waals surface area contributed by atoms with E-state index in [1.54, 1.807) is 0 Å². The minimum atomic E-state index is -0.384. The number of nitrogens with zero attached hydrogens (tertiary/aromatic N) is 1. The van der Waals surface area contributed by atoms with Crippen molar-refractivity contribution in [3.8, 4) is 11.1 Å². The van der Waals surface area contributed by atoms with Crippen molar-refractivity contribution in [2.45, 2.75) is 37.5 Å². The Balaban J connectivity index is 0.995. The number of hydrogen-bond donors (Lipinski definition) is 2. The Kier molecular flexibility index (Phi) is 9.40. The van der Waals surface area contributed by atoms with Gasteiger partial charge in [0.2, 0.25) is 5.91 Å². The summed E-state index contributed by atoms with van der Waals surface area (Å²) >= 11 is 6.07. The average Bonchev–Trinajstić information content (AvgIpc) is 3.29. The van der Waals surface area contributed by atoms with E-state index >= 15 is 0 Å². The number of benzene rings is 3. The lowest BCUT2D eigenvalue weighted by Crippen LogP contribution is -2.45. The van der Waals surface area contributed by atoms with E-state index in [0.717, 1.165) is 38.8 Å². The van der Waals surface area contributed by atoms with Gasteiger partial charge in [0.1, 0.15) is 6.61 Å². The fraction of sp³-hybridized carbons (Fsp3) is 0.394. The predicted molar refractivity (Wildman–Crippen MR) is 160 cm³/mol. The number of alkyl carbamates (subject to hydrolysis) is 1. The largest absolute Gasteiger partial charge is 0.449 e. The molecule has 0 radical (unpaired) electrons. The first-order valence-corrected chi connectivity index (χ1v) is 14.7. The maximum absolute atomic E-state index is 13.1. The first-order valence-electron chi connectivity index (χ1n) is 14.3. The zero-order chi connectivity index (χ0) is 27.9.